The Kier molecular flexibility index (Phi) is 71.6. The molecule has 0 aliphatic rings. The molecular weight excluding hydrogens is 878 g/mol. The van der Waals surface area contributed by atoms with Crippen molar-refractivity contribution >= 4 is 17.2 Å². The second-order valence-electron chi connectivity index (χ2n) is 18.2. The number of unbranched alkanes of at least 4 members (excludes halogenated alkanes) is 40. The first-order valence-electron chi connectivity index (χ1n) is 27.8. The molecule has 12 heteroatoms. The van der Waals surface area contributed by atoms with Crippen LogP contribution in [0.5, 0.6) is 0 Å². The van der Waals surface area contributed by atoms with Gasteiger partial charge in [0, 0.05) is 0 Å². The fraction of sp³-hybridized carbons (Fsp3) is 1.00. The second kappa shape index (κ2) is 66.1. The fourth-order valence-corrected chi connectivity index (χ4v) is 9.00. The number of rotatable bonds is 52. The normalized spacial score (nSPS) is 11.3. The third-order valence-corrected chi connectivity index (χ3v) is 13.4. The zero-order chi connectivity index (χ0) is 47.5. The van der Waals surface area contributed by atoms with Crippen molar-refractivity contribution in [3.8, 4) is 0 Å². The summed E-state index contributed by atoms with van der Waals surface area (Å²) in [5.74, 6) is 0. The quantitative estimate of drug-likeness (QED) is 0.0267. The molecule has 0 unspecified atom stereocenters. The Hall–Kier alpha value is 1.05. The van der Waals surface area contributed by atoms with Crippen LogP contribution in [-0.4, -0.2) is 43.6 Å². The van der Waals surface area contributed by atoms with Gasteiger partial charge in [0.1, 0.15) is 0 Å². The van der Waals surface area contributed by atoms with Crippen LogP contribution in [-0.2, 0) is 40.0 Å². The van der Waals surface area contributed by atoms with Gasteiger partial charge in [-0.3, -0.25) is 0 Å². The van der Waals surface area contributed by atoms with Gasteiger partial charge in [-0.1, -0.05) is 285 Å². The zero-order valence-corrected chi connectivity index (χ0v) is 46.5. The third kappa shape index (κ3) is 74.6. The van der Waals surface area contributed by atoms with Crippen LogP contribution >= 0.6 is 17.2 Å². The molecule has 0 aliphatic heterocycles. The Morgan fingerprint density at radius 1 is 0.266 bits per heavy atom. The molecule has 0 saturated heterocycles. The van der Waals surface area contributed by atoms with Gasteiger partial charge in [-0.05, 0) is 25.7 Å². The molecule has 0 fully saturated rings. The minimum absolute atomic E-state index is 0.636. The molecule has 0 rings (SSSR count). The van der Waals surface area contributed by atoms with E-state index in [1.165, 1.54) is 257 Å². The molecule has 64 heavy (non-hydrogen) atoms. The van der Waals surface area contributed by atoms with Crippen LogP contribution in [0.2, 0.25) is 0 Å². The first-order chi connectivity index (χ1) is 31.3. The molecule has 9 nitrogen and oxygen atoms in total. The van der Waals surface area contributed by atoms with Crippen LogP contribution in [0.15, 0.2) is 0 Å². The summed E-state index contributed by atoms with van der Waals surface area (Å²) in [5.41, 5.74) is 0. The average molecular weight is 991 g/mol. The van der Waals surface area contributed by atoms with E-state index in [1.807, 2.05) is 0 Å². The van der Waals surface area contributed by atoms with Crippen LogP contribution in [0.1, 0.15) is 310 Å². The SMILES string of the molecule is CCCCCCCCCCCCCOP(O)OCCCCCCCCCCCCC.CCCCCCCCCCCCCOP(O)OCCCCCCCCCCCCC.[O]=[Ti]([OH])[OH]. The summed E-state index contributed by atoms with van der Waals surface area (Å²) in [7, 11) is -3.31. The van der Waals surface area contributed by atoms with Crippen LogP contribution < -0.4 is 0 Å². The van der Waals surface area contributed by atoms with Gasteiger partial charge < -0.3 is 27.9 Å². The molecule has 0 aromatic carbocycles. The summed E-state index contributed by atoms with van der Waals surface area (Å²) in [5, 5.41) is 0. The Labute approximate surface area is 409 Å². The van der Waals surface area contributed by atoms with E-state index in [-0.39, 0.29) is 0 Å². The monoisotopic (exact) mass is 991 g/mol. The first kappa shape index (κ1) is 69.3. The molecule has 0 radical (unpaired) electrons. The van der Waals surface area contributed by atoms with Gasteiger partial charge in [-0.15, -0.1) is 0 Å². The van der Waals surface area contributed by atoms with E-state index in [0.29, 0.717) is 26.4 Å². The topological polar surface area (TPSA) is 135 Å². The molecule has 0 amide bonds. The summed E-state index contributed by atoms with van der Waals surface area (Å²) >= 11 is -3.58. The third-order valence-electron chi connectivity index (χ3n) is 11.8. The van der Waals surface area contributed by atoms with E-state index in [0.717, 1.165) is 25.7 Å². The summed E-state index contributed by atoms with van der Waals surface area (Å²) in [6.07, 6.45) is 58.5. The molecule has 0 saturated carbocycles. The van der Waals surface area contributed by atoms with Crippen LogP contribution in [0, 0.1) is 0 Å². The van der Waals surface area contributed by atoms with Crippen molar-refractivity contribution in [2.45, 2.75) is 310 Å². The van der Waals surface area contributed by atoms with Gasteiger partial charge in [0.25, 0.3) is 0 Å². The molecule has 0 aromatic heterocycles. The van der Waals surface area contributed by atoms with Crippen molar-refractivity contribution in [1.82, 2.24) is 0 Å². The maximum absolute atomic E-state index is 9.79. The van der Waals surface area contributed by atoms with Gasteiger partial charge in [-0.25, -0.2) is 0 Å². The Bertz CT molecular complexity index is 703. The first-order valence-corrected chi connectivity index (χ1v) is 32.1. The minimum atomic E-state index is -3.58. The van der Waals surface area contributed by atoms with Gasteiger partial charge >= 0.3 is 46.5 Å². The molecular formula is C52H112O9P2Ti. The van der Waals surface area contributed by atoms with Gasteiger partial charge in [0.2, 0.25) is 0 Å². The van der Waals surface area contributed by atoms with E-state index in [9.17, 15) is 9.79 Å². The van der Waals surface area contributed by atoms with Crippen molar-refractivity contribution in [1.29, 1.82) is 0 Å². The van der Waals surface area contributed by atoms with E-state index in [4.69, 9.17) is 28.8 Å². The van der Waals surface area contributed by atoms with Crippen molar-refractivity contribution < 1.29 is 57.2 Å². The molecule has 388 valence electrons. The van der Waals surface area contributed by atoms with Crippen molar-refractivity contribution in [2.75, 3.05) is 26.4 Å². The van der Waals surface area contributed by atoms with Crippen molar-refractivity contribution in [3.05, 3.63) is 0 Å². The Morgan fingerprint density at radius 2 is 0.375 bits per heavy atom. The molecule has 4 N–H and O–H groups in total. The standard InChI is InChI=1S/2C26H55O3P.2H2O.O.Ti/c2*1-3-5-7-9-11-13-15-17-19-21-23-25-28-30(27)29-26-24-22-20-18-16-14-12-10-8-6-4-2;;;;/h2*27H,3-26H2,1-2H3;2*1H2;;/q;;;;;+2/p-2. The van der Waals surface area contributed by atoms with E-state index in [2.05, 4.69) is 27.7 Å². The second-order valence-corrected chi connectivity index (χ2v) is 21.1. The Morgan fingerprint density at radius 3 is 0.500 bits per heavy atom. The fourth-order valence-electron chi connectivity index (χ4n) is 7.71. The summed E-state index contributed by atoms with van der Waals surface area (Å²) < 4.78 is 44.9. The van der Waals surface area contributed by atoms with Crippen LogP contribution in [0.3, 0.4) is 0 Å². The summed E-state index contributed by atoms with van der Waals surface area (Å²) in [6, 6.07) is 0. The summed E-state index contributed by atoms with van der Waals surface area (Å²) in [6.45, 7) is 11.6. The van der Waals surface area contributed by atoms with E-state index in [1.54, 1.807) is 0 Å². The molecule has 0 atom stereocenters. The van der Waals surface area contributed by atoms with Crippen LogP contribution in [0.25, 0.3) is 0 Å². The molecule has 0 heterocycles. The van der Waals surface area contributed by atoms with E-state index < -0.39 is 35.8 Å². The Balaban J connectivity index is -0.00000107. The average Bonchev–Trinajstić information content (AvgIpc) is 3.28. The molecule has 0 aromatic rings. The zero-order valence-electron chi connectivity index (χ0n) is 43.2. The van der Waals surface area contributed by atoms with Gasteiger partial charge in [0.15, 0.2) is 0 Å². The van der Waals surface area contributed by atoms with Gasteiger partial charge in [-0.2, -0.15) is 0 Å². The molecule has 0 spiro atoms. The van der Waals surface area contributed by atoms with Crippen LogP contribution in [0.4, 0.5) is 0 Å². The van der Waals surface area contributed by atoms with E-state index >= 15 is 0 Å². The predicted molar refractivity (Wildman–Crippen MR) is 273 cm³/mol. The number of hydrogen-bond acceptors (Lipinski definition) is 7. The van der Waals surface area contributed by atoms with Crippen molar-refractivity contribution in [3.63, 3.8) is 0 Å². The predicted octanol–water partition coefficient (Wildman–Crippen LogP) is 18.5. The molecule has 0 bridgehead atoms. The van der Waals surface area contributed by atoms with Crippen molar-refractivity contribution in [2.24, 2.45) is 0 Å². The number of hydrogen-bond donors (Lipinski definition) is 4. The summed E-state index contributed by atoms with van der Waals surface area (Å²) in [4.78, 5) is 19.6. The van der Waals surface area contributed by atoms with Gasteiger partial charge in [0.05, 0.1) is 26.4 Å². The maximum atomic E-state index is 9.79. The molecule has 0 aliphatic carbocycles.